The van der Waals surface area contributed by atoms with E-state index in [-0.39, 0.29) is 30.8 Å². The highest BCUT2D eigenvalue weighted by molar-refractivity contribution is 5.82. The maximum absolute atomic E-state index is 12.5. The first kappa shape index (κ1) is 14.6. The van der Waals surface area contributed by atoms with E-state index < -0.39 is 12.1 Å². The average molecular weight is 278 g/mol. The van der Waals surface area contributed by atoms with Crippen molar-refractivity contribution in [2.75, 3.05) is 6.54 Å². The van der Waals surface area contributed by atoms with Crippen molar-refractivity contribution in [2.24, 2.45) is 5.92 Å². The first-order valence-corrected chi connectivity index (χ1v) is 7.07. The number of alkyl halides is 3. The van der Waals surface area contributed by atoms with Crippen molar-refractivity contribution in [3.05, 3.63) is 0 Å². The summed E-state index contributed by atoms with van der Waals surface area (Å²) >= 11 is 0. The van der Waals surface area contributed by atoms with E-state index in [0.29, 0.717) is 12.8 Å². The number of hydrogen-bond acceptors (Lipinski definition) is 2. The number of amides is 1. The molecule has 6 heteroatoms. The molecule has 1 heterocycles. The third-order valence-electron chi connectivity index (χ3n) is 4.16. The van der Waals surface area contributed by atoms with Crippen LogP contribution in [-0.4, -0.2) is 30.7 Å². The van der Waals surface area contributed by atoms with E-state index in [4.69, 9.17) is 0 Å². The molecule has 0 radical (unpaired) electrons. The van der Waals surface area contributed by atoms with E-state index in [0.717, 1.165) is 25.8 Å². The first-order chi connectivity index (χ1) is 8.97. The number of rotatable bonds is 2. The van der Waals surface area contributed by atoms with Crippen molar-refractivity contribution in [1.82, 2.24) is 10.6 Å². The number of carbonyl (C=O) groups is 1. The lowest BCUT2D eigenvalue weighted by molar-refractivity contribution is -0.182. The Bertz CT molecular complexity index is 306. The highest BCUT2D eigenvalue weighted by Gasteiger charge is 2.41. The Hall–Kier alpha value is -0.780. The molecular formula is C13H21F3N2O. The van der Waals surface area contributed by atoms with Crippen molar-refractivity contribution >= 4 is 5.91 Å². The van der Waals surface area contributed by atoms with Gasteiger partial charge in [0.2, 0.25) is 5.91 Å². The molecule has 110 valence electrons. The fourth-order valence-electron chi connectivity index (χ4n) is 2.94. The minimum absolute atomic E-state index is 0.0461. The van der Waals surface area contributed by atoms with Crippen molar-refractivity contribution < 1.29 is 18.0 Å². The summed E-state index contributed by atoms with van der Waals surface area (Å²) in [7, 11) is 0. The lowest BCUT2D eigenvalue weighted by Crippen LogP contribution is -2.50. The van der Waals surface area contributed by atoms with Gasteiger partial charge in [0.05, 0.1) is 12.0 Å². The van der Waals surface area contributed by atoms with Crippen LogP contribution in [0.25, 0.3) is 0 Å². The van der Waals surface area contributed by atoms with Crippen LogP contribution in [0.1, 0.15) is 44.9 Å². The molecule has 0 aromatic rings. The predicted octanol–water partition coefficient (Wildman–Crippen LogP) is 2.37. The summed E-state index contributed by atoms with van der Waals surface area (Å²) in [4.78, 5) is 11.9. The second-order valence-corrected chi connectivity index (χ2v) is 5.60. The average Bonchev–Trinajstić information content (AvgIpc) is 2.39. The molecule has 3 nitrogen and oxygen atoms in total. The second-order valence-electron chi connectivity index (χ2n) is 5.60. The van der Waals surface area contributed by atoms with E-state index in [9.17, 15) is 18.0 Å². The third kappa shape index (κ3) is 4.09. The molecule has 19 heavy (non-hydrogen) atoms. The highest BCUT2D eigenvalue weighted by Crippen LogP contribution is 2.37. The van der Waals surface area contributed by atoms with Gasteiger partial charge in [0.25, 0.3) is 0 Å². The minimum atomic E-state index is -4.08. The van der Waals surface area contributed by atoms with Gasteiger partial charge in [-0.3, -0.25) is 4.79 Å². The molecule has 2 rings (SSSR count). The van der Waals surface area contributed by atoms with Gasteiger partial charge in [0.15, 0.2) is 0 Å². The normalized spacial score (nSPS) is 32.9. The summed E-state index contributed by atoms with van der Waals surface area (Å²) in [6, 6.07) is -0.246. The molecule has 0 aromatic heterocycles. The van der Waals surface area contributed by atoms with Gasteiger partial charge in [-0.15, -0.1) is 0 Å². The number of halogens is 3. The smallest absolute Gasteiger partial charge is 0.352 e. The monoisotopic (exact) mass is 278 g/mol. The van der Waals surface area contributed by atoms with Crippen LogP contribution in [0.3, 0.4) is 0 Å². The van der Waals surface area contributed by atoms with Crippen molar-refractivity contribution in [3.8, 4) is 0 Å². The Morgan fingerprint density at radius 2 is 1.74 bits per heavy atom. The van der Waals surface area contributed by atoms with Gasteiger partial charge in [-0.2, -0.15) is 13.2 Å². The summed E-state index contributed by atoms with van der Waals surface area (Å²) in [5.41, 5.74) is 0. The summed E-state index contributed by atoms with van der Waals surface area (Å²) in [6.07, 6.45) is -0.0135. The molecule has 1 saturated carbocycles. The molecule has 2 N–H and O–H groups in total. The molecule has 2 fully saturated rings. The van der Waals surface area contributed by atoms with Gasteiger partial charge in [-0.25, -0.2) is 0 Å². The molecule has 2 aliphatic rings. The van der Waals surface area contributed by atoms with Crippen molar-refractivity contribution in [1.29, 1.82) is 0 Å². The largest absolute Gasteiger partial charge is 0.391 e. The SMILES string of the molecule is O=C(NC1CCC(C(F)(F)F)CC1)[C@@H]1CCCCN1. The van der Waals surface area contributed by atoms with E-state index in [2.05, 4.69) is 10.6 Å². The van der Waals surface area contributed by atoms with Gasteiger partial charge >= 0.3 is 6.18 Å². The summed E-state index contributed by atoms with van der Waals surface area (Å²) in [5.74, 6) is -1.23. The number of carbonyl (C=O) groups excluding carboxylic acids is 1. The highest BCUT2D eigenvalue weighted by atomic mass is 19.4. The molecule has 1 aliphatic carbocycles. The molecule has 1 aliphatic heterocycles. The minimum Gasteiger partial charge on any atom is -0.352 e. The summed E-state index contributed by atoms with van der Waals surface area (Å²) in [5, 5.41) is 6.04. The Labute approximate surface area is 111 Å². The predicted molar refractivity (Wildman–Crippen MR) is 65.6 cm³/mol. The van der Waals surface area contributed by atoms with Crippen LogP contribution in [0.4, 0.5) is 13.2 Å². The Balaban J connectivity index is 1.74. The van der Waals surface area contributed by atoms with Crippen LogP contribution < -0.4 is 10.6 Å². The zero-order valence-corrected chi connectivity index (χ0v) is 10.9. The standard InChI is InChI=1S/C13H21F3N2O/c14-13(15,16)9-4-6-10(7-5-9)18-12(19)11-3-1-2-8-17-11/h9-11,17H,1-8H2,(H,18,19)/t9?,10?,11-/m0/s1. The Morgan fingerprint density at radius 1 is 1.05 bits per heavy atom. The van der Waals surface area contributed by atoms with Crippen molar-refractivity contribution in [3.63, 3.8) is 0 Å². The lowest BCUT2D eigenvalue weighted by Gasteiger charge is -2.32. The Kier molecular flexibility index (Phi) is 4.71. The van der Waals surface area contributed by atoms with E-state index in [1.165, 1.54) is 0 Å². The first-order valence-electron chi connectivity index (χ1n) is 7.07. The van der Waals surface area contributed by atoms with Crippen LogP contribution in [0.5, 0.6) is 0 Å². The molecule has 1 saturated heterocycles. The maximum Gasteiger partial charge on any atom is 0.391 e. The van der Waals surface area contributed by atoms with Crippen LogP contribution in [0.2, 0.25) is 0 Å². The number of nitrogens with one attached hydrogen (secondary N) is 2. The van der Waals surface area contributed by atoms with Gasteiger partial charge in [0.1, 0.15) is 0 Å². The quantitative estimate of drug-likeness (QED) is 0.814. The van der Waals surface area contributed by atoms with Crippen LogP contribution >= 0.6 is 0 Å². The van der Waals surface area contributed by atoms with Gasteiger partial charge in [-0.1, -0.05) is 6.42 Å². The number of hydrogen-bond donors (Lipinski definition) is 2. The van der Waals surface area contributed by atoms with Crippen LogP contribution in [0, 0.1) is 5.92 Å². The Morgan fingerprint density at radius 3 is 2.26 bits per heavy atom. The molecule has 1 atom stereocenters. The molecule has 0 unspecified atom stereocenters. The van der Waals surface area contributed by atoms with E-state index in [1.54, 1.807) is 0 Å². The third-order valence-corrected chi connectivity index (χ3v) is 4.16. The molecule has 0 bridgehead atoms. The zero-order valence-electron chi connectivity index (χ0n) is 10.9. The van der Waals surface area contributed by atoms with Crippen LogP contribution in [0.15, 0.2) is 0 Å². The van der Waals surface area contributed by atoms with E-state index in [1.807, 2.05) is 0 Å². The van der Waals surface area contributed by atoms with Crippen molar-refractivity contribution in [2.45, 2.75) is 63.2 Å². The molecular weight excluding hydrogens is 257 g/mol. The fourth-order valence-corrected chi connectivity index (χ4v) is 2.94. The van der Waals surface area contributed by atoms with Gasteiger partial charge < -0.3 is 10.6 Å². The maximum atomic E-state index is 12.5. The molecule has 1 amide bonds. The second kappa shape index (κ2) is 6.11. The van der Waals surface area contributed by atoms with E-state index >= 15 is 0 Å². The molecule has 0 spiro atoms. The summed E-state index contributed by atoms with van der Waals surface area (Å²) in [6.45, 7) is 0.846. The summed E-state index contributed by atoms with van der Waals surface area (Å²) < 4.78 is 37.6. The lowest BCUT2D eigenvalue weighted by atomic mass is 9.85. The van der Waals surface area contributed by atoms with Gasteiger partial charge in [0, 0.05) is 6.04 Å². The zero-order chi connectivity index (χ0) is 13.9. The number of piperidine rings is 1. The topological polar surface area (TPSA) is 41.1 Å². The fraction of sp³-hybridized carbons (Fsp3) is 0.923. The van der Waals surface area contributed by atoms with Gasteiger partial charge in [-0.05, 0) is 45.1 Å². The molecule has 0 aromatic carbocycles. The van der Waals surface area contributed by atoms with Crippen LogP contribution in [-0.2, 0) is 4.79 Å².